The molecule has 1 aromatic heterocycles. The standard InChI is InChI=1S/C16H13N3O3S/c20-15(21)10-22-12-5-3-4-11(8-12)9-17-19-16-18-13-6-1-2-7-14(13)23-16/h1-9H,10H2,(H,18,19)(H,20,21)/b17-9+. The molecular weight excluding hydrogens is 314 g/mol. The van der Waals surface area contributed by atoms with Crippen molar-refractivity contribution in [2.24, 2.45) is 5.10 Å². The van der Waals surface area contributed by atoms with E-state index >= 15 is 0 Å². The zero-order valence-corrected chi connectivity index (χ0v) is 12.8. The van der Waals surface area contributed by atoms with Crippen molar-refractivity contribution in [2.75, 3.05) is 12.0 Å². The number of carboxylic acid groups (broad SMARTS) is 1. The third-order valence-corrected chi connectivity index (χ3v) is 3.83. The zero-order valence-electron chi connectivity index (χ0n) is 12.0. The second-order valence-corrected chi connectivity index (χ2v) is 5.64. The molecular formula is C16H13N3O3S. The number of aromatic nitrogens is 1. The van der Waals surface area contributed by atoms with Crippen LogP contribution in [0.25, 0.3) is 10.2 Å². The minimum Gasteiger partial charge on any atom is -0.482 e. The molecule has 0 aliphatic carbocycles. The molecule has 116 valence electrons. The van der Waals surface area contributed by atoms with Gasteiger partial charge in [-0.3, -0.25) is 5.43 Å². The number of thiazole rings is 1. The molecule has 0 saturated carbocycles. The molecule has 2 aromatic carbocycles. The van der Waals surface area contributed by atoms with Crippen LogP contribution in [0.2, 0.25) is 0 Å². The Hall–Kier alpha value is -2.93. The average molecular weight is 327 g/mol. The lowest BCUT2D eigenvalue weighted by molar-refractivity contribution is -0.139. The molecule has 6 nitrogen and oxygen atoms in total. The molecule has 3 aromatic rings. The molecule has 0 bridgehead atoms. The molecule has 0 aliphatic heterocycles. The summed E-state index contributed by atoms with van der Waals surface area (Å²) in [5, 5.41) is 13.5. The number of hydrazone groups is 1. The topological polar surface area (TPSA) is 83.8 Å². The van der Waals surface area contributed by atoms with Crippen LogP contribution >= 0.6 is 11.3 Å². The molecule has 0 aliphatic rings. The summed E-state index contributed by atoms with van der Waals surface area (Å²) in [6.07, 6.45) is 1.62. The fraction of sp³-hybridized carbons (Fsp3) is 0.0625. The molecule has 23 heavy (non-hydrogen) atoms. The number of nitrogens with one attached hydrogen (secondary N) is 1. The monoisotopic (exact) mass is 327 g/mol. The zero-order chi connectivity index (χ0) is 16.1. The van der Waals surface area contributed by atoms with Gasteiger partial charge in [-0.1, -0.05) is 35.6 Å². The van der Waals surface area contributed by atoms with E-state index in [2.05, 4.69) is 15.5 Å². The highest BCUT2D eigenvalue weighted by Crippen LogP contribution is 2.25. The highest BCUT2D eigenvalue weighted by atomic mass is 32.1. The average Bonchev–Trinajstić information content (AvgIpc) is 2.96. The van der Waals surface area contributed by atoms with Crippen molar-refractivity contribution in [1.82, 2.24) is 4.98 Å². The van der Waals surface area contributed by atoms with Crippen LogP contribution in [0.3, 0.4) is 0 Å². The van der Waals surface area contributed by atoms with E-state index < -0.39 is 5.97 Å². The van der Waals surface area contributed by atoms with E-state index in [9.17, 15) is 4.79 Å². The number of ether oxygens (including phenoxy) is 1. The number of benzene rings is 2. The number of nitrogens with zero attached hydrogens (tertiary/aromatic N) is 2. The van der Waals surface area contributed by atoms with Crippen molar-refractivity contribution in [1.29, 1.82) is 0 Å². The molecule has 2 N–H and O–H groups in total. The van der Waals surface area contributed by atoms with Gasteiger partial charge in [0.1, 0.15) is 5.75 Å². The van der Waals surface area contributed by atoms with Gasteiger partial charge in [-0.2, -0.15) is 5.10 Å². The van der Waals surface area contributed by atoms with Crippen LogP contribution in [0, 0.1) is 0 Å². The van der Waals surface area contributed by atoms with Gasteiger partial charge in [0.15, 0.2) is 6.61 Å². The minimum absolute atomic E-state index is 0.370. The van der Waals surface area contributed by atoms with Crippen molar-refractivity contribution in [2.45, 2.75) is 0 Å². The number of carbonyl (C=O) groups is 1. The number of fused-ring (bicyclic) bond motifs is 1. The van der Waals surface area contributed by atoms with Crippen molar-refractivity contribution in [3.63, 3.8) is 0 Å². The molecule has 0 saturated heterocycles. The van der Waals surface area contributed by atoms with Gasteiger partial charge in [-0.15, -0.1) is 0 Å². The molecule has 3 rings (SSSR count). The second-order valence-electron chi connectivity index (χ2n) is 4.61. The van der Waals surface area contributed by atoms with E-state index in [0.29, 0.717) is 10.9 Å². The Morgan fingerprint density at radius 3 is 3.00 bits per heavy atom. The Bertz CT molecular complexity index is 827. The van der Waals surface area contributed by atoms with E-state index in [1.54, 1.807) is 24.4 Å². The van der Waals surface area contributed by atoms with Crippen LogP contribution in [0.1, 0.15) is 5.56 Å². The molecule has 0 fully saturated rings. The predicted molar refractivity (Wildman–Crippen MR) is 90.4 cm³/mol. The van der Waals surface area contributed by atoms with Crippen LogP contribution in [0.4, 0.5) is 5.13 Å². The Balaban J connectivity index is 1.65. The predicted octanol–water partition coefficient (Wildman–Crippen LogP) is 3.21. The lowest BCUT2D eigenvalue weighted by Gasteiger charge is -2.03. The summed E-state index contributed by atoms with van der Waals surface area (Å²) < 4.78 is 6.21. The summed E-state index contributed by atoms with van der Waals surface area (Å²) >= 11 is 1.52. The number of hydrogen-bond donors (Lipinski definition) is 2. The molecule has 0 unspecified atom stereocenters. The lowest BCUT2D eigenvalue weighted by atomic mass is 10.2. The van der Waals surface area contributed by atoms with Gasteiger partial charge in [0.05, 0.1) is 16.4 Å². The normalized spacial score (nSPS) is 11.0. The van der Waals surface area contributed by atoms with E-state index in [4.69, 9.17) is 9.84 Å². The molecule has 0 amide bonds. The Morgan fingerprint density at radius 2 is 2.17 bits per heavy atom. The van der Waals surface area contributed by atoms with Crippen LogP contribution < -0.4 is 10.2 Å². The van der Waals surface area contributed by atoms with E-state index in [1.807, 2.05) is 30.3 Å². The van der Waals surface area contributed by atoms with Gasteiger partial charge in [0, 0.05) is 0 Å². The maximum Gasteiger partial charge on any atom is 0.341 e. The fourth-order valence-corrected chi connectivity index (χ4v) is 2.73. The maximum atomic E-state index is 10.5. The van der Waals surface area contributed by atoms with Crippen LogP contribution in [0.15, 0.2) is 53.6 Å². The van der Waals surface area contributed by atoms with Gasteiger partial charge < -0.3 is 9.84 Å². The largest absolute Gasteiger partial charge is 0.482 e. The number of carboxylic acids is 1. The molecule has 0 spiro atoms. The summed E-state index contributed by atoms with van der Waals surface area (Å²) in [6.45, 7) is -0.370. The summed E-state index contributed by atoms with van der Waals surface area (Å²) in [5.74, 6) is -0.530. The van der Waals surface area contributed by atoms with Crippen LogP contribution in [-0.2, 0) is 4.79 Å². The smallest absolute Gasteiger partial charge is 0.341 e. The van der Waals surface area contributed by atoms with Crippen LogP contribution in [0.5, 0.6) is 5.75 Å². The summed E-state index contributed by atoms with van der Waals surface area (Å²) in [7, 11) is 0. The first kappa shape index (κ1) is 15.0. The summed E-state index contributed by atoms with van der Waals surface area (Å²) in [6, 6.07) is 14.9. The SMILES string of the molecule is O=C(O)COc1cccc(/C=N/Nc2nc3ccccc3s2)c1. The number of para-hydroxylation sites is 1. The van der Waals surface area contributed by atoms with Gasteiger partial charge in [-0.05, 0) is 29.8 Å². The third-order valence-electron chi connectivity index (χ3n) is 2.89. The Morgan fingerprint density at radius 1 is 1.30 bits per heavy atom. The minimum atomic E-state index is -1.01. The molecule has 0 atom stereocenters. The van der Waals surface area contributed by atoms with Crippen molar-refractivity contribution in [3.05, 3.63) is 54.1 Å². The highest BCUT2D eigenvalue weighted by Gasteiger charge is 2.01. The maximum absolute atomic E-state index is 10.5. The summed E-state index contributed by atoms with van der Waals surface area (Å²) in [4.78, 5) is 14.9. The van der Waals surface area contributed by atoms with E-state index in [-0.39, 0.29) is 6.61 Å². The Labute approximate surface area is 136 Å². The number of hydrogen-bond acceptors (Lipinski definition) is 6. The summed E-state index contributed by atoms with van der Waals surface area (Å²) in [5.41, 5.74) is 4.62. The number of anilines is 1. The van der Waals surface area contributed by atoms with Gasteiger partial charge in [-0.25, -0.2) is 9.78 Å². The van der Waals surface area contributed by atoms with Crippen molar-refractivity contribution < 1.29 is 14.6 Å². The van der Waals surface area contributed by atoms with Crippen molar-refractivity contribution in [3.8, 4) is 5.75 Å². The van der Waals surface area contributed by atoms with Gasteiger partial charge in [0.2, 0.25) is 5.13 Å². The van der Waals surface area contributed by atoms with E-state index in [1.165, 1.54) is 11.3 Å². The number of rotatable bonds is 6. The Kier molecular flexibility index (Phi) is 4.49. The van der Waals surface area contributed by atoms with E-state index in [0.717, 1.165) is 15.8 Å². The highest BCUT2D eigenvalue weighted by molar-refractivity contribution is 7.22. The van der Waals surface area contributed by atoms with Gasteiger partial charge >= 0.3 is 5.97 Å². The van der Waals surface area contributed by atoms with Gasteiger partial charge in [0.25, 0.3) is 0 Å². The fourth-order valence-electron chi connectivity index (χ4n) is 1.91. The third kappa shape index (κ3) is 4.04. The molecule has 0 radical (unpaired) electrons. The van der Waals surface area contributed by atoms with Crippen molar-refractivity contribution >= 4 is 38.9 Å². The quantitative estimate of drug-likeness (QED) is 0.536. The first-order valence-corrected chi connectivity index (χ1v) is 7.62. The number of aliphatic carboxylic acids is 1. The molecule has 1 heterocycles. The second kappa shape index (κ2) is 6.89. The lowest BCUT2D eigenvalue weighted by Crippen LogP contribution is -2.09. The first-order chi connectivity index (χ1) is 11.2. The van der Waals surface area contributed by atoms with Crippen LogP contribution in [-0.4, -0.2) is 28.9 Å². The first-order valence-electron chi connectivity index (χ1n) is 6.80. The molecule has 7 heteroatoms.